The van der Waals surface area contributed by atoms with Gasteiger partial charge in [0, 0.05) is 34.4 Å². The van der Waals surface area contributed by atoms with E-state index in [-0.39, 0.29) is 11.8 Å². The van der Waals surface area contributed by atoms with E-state index in [0.29, 0.717) is 16.3 Å². The number of carbonyl (C=O) groups is 2. The second-order valence-electron chi connectivity index (χ2n) is 9.50. The molecule has 0 spiro atoms. The molecular formula is C31H26N4O3S. The number of aromatic nitrogens is 2. The van der Waals surface area contributed by atoms with E-state index in [1.54, 1.807) is 24.3 Å². The van der Waals surface area contributed by atoms with Gasteiger partial charge in [0.05, 0.1) is 22.5 Å². The first-order valence-corrected chi connectivity index (χ1v) is 13.6. The van der Waals surface area contributed by atoms with Gasteiger partial charge in [-0.2, -0.15) is 0 Å². The van der Waals surface area contributed by atoms with E-state index in [1.165, 1.54) is 21.8 Å². The topological polar surface area (TPSA) is 79.5 Å². The van der Waals surface area contributed by atoms with Crippen molar-refractivity contribution in [1.29, 1.82) is 0 Å². The molecule has 5 aromatic rings. The largest absolute Gasteiger partial charge is 0.361 e. The van der Waals surface area contributed by atoms with Crippen LogP contribution in [0, 0.1) is 20.8 Å². The predicted molar refractivity (Wildman–Crippen MR) is 154 cm³/mol. The predicted octanol–water partition coefficient (Wildman–Crippen LogP) is 7.35. The summed E-state index contributed by atoms with van der Waals surface area (Å²) in [6, 6.07) is 21.5. The first-order chi connectivity index (χ1) is 18.9. The lowest BCUT2D eigenvalue weighted by molar-refractivity contribution is 0.0926. The summed E-state index contributed by atoms with van der Waals surface area (Å²) < 4.78 is 5.40. The number of hydrogen-bond donors (Lipinski definition) is 0. The van der Waals surface area contributed by atoms with Gasteiger partial charge < -0.3 is 9.42 Å². The lowest BCUT2D eigenvalue weighted by Gasteiger charge is -2.26. The van der Waals surface area contributed by atoms with Crippen molar-refractivity contribution in [1.82, 2.24) is 10.1 Å². The number of amides is 2. The number of hydrogen-bond acceptors (Lipinski definition) is 7. The molecule has 0 atom stereocenters. The smallest absolute Gasteiger partial charge is 0.268 e. The molecule has 7 nitrogen and oxygen atoms in total. The van der Waals surface area contributed by atoms with Gasteiger partial charge in [-0.15, -0.1) is 11.3 Å². The Bertz CT molecular complexity index is 1680. The van der Waals surface area contributed by atoms with Crippen LogP contribution in [0.3, 0.4) is 0 Å². The molecule has 1 aliphatic rings. The van der Waals surface area contributed by atoms with Crippen LogP contribution in [-0.2, 0) is 0 Å². The van der Waals surface area contributed by atoms with Crippen LogP contribution in [0.2, 0.25) is 0 Å². The summed E-state index contributed by atoms with van der Waals surface area (Å²) in [6.07, 6.45) is 0. The van der Waals surface area contributed by atoms with Crippen molar-refractivity contribution < 1.29 is 14.1 Å². The standard InChI is InChI=1S/C31H26N4O3S/c1-5-34(27-16-22(11-10-18(27)2)28-19(3)33-38-20(28)4)23-14-12-21(13-15-23)26-17-39-31(32-26)35-29(36)24-8-6-7-9-25(24)30(35)37/h6-17H,5H2,1-4H3. The number of benzene rings is 3. The van der Waals surface area contributed by atoms with Crippen LogP contribution in [0.15, 0.2) is 76.6 Å². The fraction of sp³-hybridized carbons (Fsp3) is 0.161. The molecule has 0 N–H and O–H groups in total. The molecule has 194 valence electrons. The highest BCUT2D eigenvalue weighted by Gasteiger charge is 2.38. The van der Waals surface area contributed by atoms with Crippen molar-refractivity contribution in [2.75, 3.05) is 16.3 Å². The second kappa shape index (κ2) is 9.63. The molecule has 2 aromatic heterocycles. The average molecular weight is 535 g/mol. The van der Waals surface area contributed by atoms with E-state index in [4.69, 9.17) is 4.52 Å². The van der Waals surface area contributed by atoms with Crippen molar-refractivity contribution in [2.45, 2.75) is 27.7 Å². The zero-order valence-electron chi connectivity index (χ0n) is 22.1. The summed E-state index contributed by atoms with van der Waals surface area (Å²) in [5.41, 5.74) is 8.77. The zero-order chi connectivity index (χ0) is 27.3. The van der Waals surface area contributed by atoms with Crippen LogP contribution in [0.5, 0.6) is 0 Å². The molecule has 0 unspecified atom stereocenters. The van der Waals surface area contributed by atoms with Gasteiger partial charge in [-0.1, -0.05) is 41.6 Å². The van der Waals surface area contributed by atoms with Crippen LogP contribution < -0.4 is 9.80 Å². The van der Waals surface area contributed by atoms with E-state index in [9.17, 15) is 9.59 Å². The minimum atomic E-state index is -0.334. The third kappa shape index (κ3) is 4.13. The number of carbonyl (C=O) groups excluding carboxylic acids is 2. The number of fused-ring (bicyclic) bond motifs is 1. The summed E-state index contributed by atoms with van der Waals surface area (Å²) in [4.78, 5) is 33.8. The molecule has 3 heterocycles. The summed E-state index contributed by atoms with van der Waals surface area (Å²) >= 11 is 1.29. The maximum Gasteiger partial charge on any atom is 0.268 e. The Morgan fingerprint density at radius 2 is 1.56 bits per heavy atom. The first kappa shape index (κ1) is 24.8. The van der Waals surface area contributed by atoms with Gasteiger partial charge in [0.2, 0.25) is 0 Å². The van der Waals surface area contributed by atoms with Crippen LogP contribution >= 0.6 is 11.3 Å². The van der Waals surface area contributed by atoms with Gasteiger partial charge in [-0.05, 0) is 69.2 Å². The Morgan fingerprint density at radius 1 is 0.897 bits per heavy atom. The molecule has 39 heavy (non-hydrogen) atoms. The highest BCUT2D eigenvalue weighted by atomic mass is 32.1. The first-order valence-electron chi connectivity index (χ1n) is 12.7. The summed E-state index contributed by atoms with van der Waals surface area (Å²) in [6.45, 7) is 8.92. The third-order valence-corrected chi connectivity index (χ3v) is 7.92. The molecule has 2 amide bonds. The van der Waals surface area contributed by atoms with E-state index in [1.807, 2.05) is 31.4 Å². The Morgan fingerprint density at radius 3 is 2.18 bits per heavy atom. The highest BCUT2D eigenvalue weighted by molar-refractivity contribution is 7.14. The molecule has 0 saturated carbocycles. The Labute approximate surface area is 230 Å². The fourth-order valence-electron chi connectivity index (χ4n) is 5.12. The summed E-state index contributed by atoms with van der Waals surface area (Å²) in [7, 11) is 0. The van der Waals surface area contributed by atoms with Crippen LogP contribution in [0.1, 0.15) is 44.7 Å². The average Bonchev–Trinajstić information content (AvgIpc) is 3.63. The van der Waals surface area contributed by atoms with Gasteiger partial charge in [-0.25, -0.2) is 9.88 Å². The maximum absolute atomic E-state index is 12.9. The van der Waals surface area contributed by atoms with Crippen molar-refractivity contribution in [3.05, 3.63) is 100 Å². The summed E-state index contributed by atoms with van der Waals surface area (Å²) in [5, 5.41) is 6.37. The van der Waals surface area contributed by atoms with Crippen LogP contribution in [0.25, 0.3) is 22.4 Å². The molecule has 1 aliphatic heterocycles. The number of aryl methyl sites for hydroxylation is 3. The molecule has 0 aliphatic carbocycles. The molecule has 0 radical (unpaired) electrons. The monoisotopic (exact) mass is 534 g/mol. The Hall–Kier alpha value is -4.56. The van der Waals surface area contributed by atoms with Crippen LogP contribution in [0.4, 0.5) is 16.5 Å². The zero-order valence-corrected chi connectivity index (χ0v) is 22.9. The number of imide groups is 1. The third-order valence-electron chi connectivity index (χ3n) is 7.09. The molecule has 0 bridgehead atoms. The molecular weight excluding hydrogens is 508 g/mol. The number of thiazole rings is 1. The van der Waals surface area contributed by atoms with E-state index in [0.717, 1.165) is 51.8 Å². The van der Waals surface area contributed by atoms with E-state index >= 15 is 0 Å². The Kier molecular flexibility index (Phi) is 6.12. The minimum Gasteiger partial charge on any atom is -0.361 e. The minimum absolute atomic E-state index is 0.334. The van der Waals surface area contributed by atoms with Crippen molar-refractivity contribution in [3.8, 4) is 22.4 Å². The van der Waals surface area contributed by atoms with Gasteiger partial charge in [0.15, 0.2) is 5.13 Å². The lowest BCUT2D eigenvalue weighted by atomic mass is 10.0. The molecule has 0 saturated heterocycles. The van der Waals surface area contributed by atoms with Gasteiger partial charge in [-0.3, -0.25) is 9.59 Å². The lowest BCUT2D eigenvalue weighted by Crippen LogP contribution is -2.29. The van der Waals surface area contributed by atoms with Gasteiger partial charge in [0.25, 0.3) is 11.8 Å². The SMILES string of the molecule is CCN(c1ccc(-c2csc(N3C(=O)c4ccccc4C3=O)n2)cc1)c1cc(-c2c(C)noc2C)ccc1C. The fourth-order valence-corrected chi connectivity index (χ4v) is 5.95. The Balaban J connectivity index is 1.28. The quantitative estimate of drug-likeness (QED) is 0.212. The van der Waals surface area contributed by atoms with Crippen molar-refractivity contribution in [3.63, 3.8) is 0 Å². The van der Waals surface area contributed by atoms with Gasteiger partial charge in [0.1, 0.15) is 5.76 Å². The molecule has 0 fully saturated rings. The number of rotatable bonds is 6. The maximum atomic E-state index is 12.9. The molecule has 6 rings (SSSR count). The number of anilines is 3. The highest BCUT2D eigenvalue weighted by Crippen LogP contribution is 2.37. The summed E-state index contributed by atoms with van der Waals surface area (Å²) in [5.74, 6) is 0.137. The second-order valence-corrected chi connectivity index (χ2v) is 10.3. The number of nitrogens with zero attached hydrogens (tertiary/aromatic N) is 4. The van der Waals surface area contributed by atoms with E-state index < -0.39 is 0 Å². The van der Waals surface area contributed by atoms with Gasteiger partial charge >= 0.3 is 0 Å². The molecule has 3 aromatic carbocycles. The van der Waals surface area contributed by atoms with Crippen molar-refractivity contribution in [2.24, 2.45) is 0 Å². The van der Waals surface area contributed by atoms with E-state index in [2.05, 4.69) is 59.2 Å². The molecule has 8 heteroatoms. The normalized spacial score (nSPS) is 12.8. The van der Waals surface area contributed by atoms with Crippen molar-refractivity contribution >= 4 is 39.7 Å². The van der Waals surface area contributed by atoms with Crippen LogP contribution in [-0.4, -0.2) is 28.5 Å².